The molecule has 7 heteroatoms. The Hall–Kier alpha value is -2.57. The van der Waals surface area contributed by atoms with Gasteiger partial charge in [-0.1, -0.05) is 24.3 Å². The molecule has 1 amide bonds. The summed E-state index contributed by atoms with van der Waals surface area (Å²) in [5.41, 5.74) is 0.960. The van der Waals surface area contributed by atoms with Gasteiger partial charge in [0.1, 0.15) is 17.6 Å². The Balaban J connectivity index is 1.74. The highest BCUT2D eigenvalue weighted by molar-refractivity contribution is 6.00. The number of hydrogen-bond acceptors (Lipinski definition) is 3. The van der Waals surface area contributed by atoms with Crippen LogP contribution in [0.15, 0.2) is 42.5 Å². The molecule has 1 aliphatic heterocycles. The first-order valence-corrected chi connectivity index (χ1v) is 7.56. The molecule has 0 radical (unpaired) electrons. The lowest BCUT2D eigenvalue weighted by atomic mass is 10.2. The van der Waals surface area contributed by atoms with Crippen molar-refractivity contribution < 1.29 is 18.0 Å². The molecule has 0 bridgehead atoms. The lowest BCUT2D eigenvalue weighted by molar-refractivity contribution is -0.141. The smallest absolute Gasteiger partial charge is 0.359 e. The average Bonchev–Trinajstić information content (AvgIpc) is 2.97. The van der Waals surface area contributed by atoms with Crippen molar-refractivity contribution in [2.45, 2.75) is 25.6 Å². The zero-order valence-electron chi connectivity index (χ0n) is 13.0. The molecule has 126 valence electrons. The van der Waals surface area contributed by atoms with Gasteiger partial charge in [-0.25, -0.2) is 4.98 Å². The summed E-state index contributed by atoms with van der Waals surface area (Å²) < 4.78 is 38.1. The number of carbonyl (C=O) groups excluding carboxylic acids is 1. The van der Waals surface area contributed by atoms with Crippen LogP contribution in [-0.4, -0.2) is 23.5 Å². The van der Waals surface area contributed by atoms with Gasteiger partial charge in [0.05, 0.1) is 0 Å². The summed E-state index contributed by atoms with van der Waals surface area (Å²) in [6.45, 7) is 2.19. The number of nitrogens with one attached hydrogen (secondary N) is 1. The lowest BCUT2D eigenvalue weighted by Crippen LogP contribution is -2.40. The maximum atomic E-state index is 12.7. The highest BCUT2D eigenvalue weighted by atomic mass is 19.4. The van der Waals surface area contributed by atoms with Crippen LogP contribution in [-0.2, 0) is 17.4 Å². The van der Waals surface area contributed by atoms with E-state index in [2.05, 4.69) is 10.3 Å². The Morgan fingerprint density at radius 3 is 2.71 bits per heavy atom. The normalized spacial score (nSPS) is 15.1. The Bertz CT molecular complexity index is 761. The van der Waals surface area contributed by atoms with Gasteiger partial charge in [0, 0.05) is 12.2 Å². The first-order valence-electron chi connectivity index (χ1n) is 7.56. The third-order valence-electron chi connectivity index (χ3n) is 3.93. The SMILES string of the molecule is CC(Nc1cccc(C(F)(F)F)n1)C(=O)N1CCc2ccccc21. The van der Waals surface area contributed by atoms with E-state index in [1.54, 1.807) is 11.8 Å². The minimum Gasteiger partial charge on any atom is -0.359 e. The summed E-state index contributed by atoms with van der Waals surface area (Å²) in [6.07, 6.45) is -3.74. The van der Waals surface area contributed by atoms with E-state index in [-0.39, 0.29) is 11.7 Å². The van der Waals surface area contributed by atoms with Crippen LogP contribution in [0.4, 0.5) is 24.7 Å². The molecule has 1 unspecified atom stereocenters. The van der Waals surface area contributed by atoms with E-state index in [0.717, 1.165) is 23.7 Å². The first kappa shape index (κ1) is 16.3. The standard InChI is InChI=1S/C17H16F3N3O/c1-11(21-15-8-4-7-14(22-15)17(18,19)20)16(24)23-10-9-12-5-2-3-6-13(12)23/h2-8,11H,9-10H2,1H3,(H,21,22). The molecule has 2 aromatic rings. The van der Waals surface area contributed by atoms with Gasteiger partial charge in [-0.15, -0.1) is 0 Å². The number of nitrogens with zero attached hydrogens (tertiary/aromatic N) is 2. The van der Waals surface area contributed by atoms with Gasteiger partial charge in [-0.2, -0.15) is 13.2 Å². The van der Waals surface area contributed by atoms with Gasteiger partial charge in [-0.3, -0.25) is 4.79 Å². The molecular weight excluding hydrogens is 319 g/mol. The van der Waals surface area contributed by atoms with E-state index in [1.165, 1.54) is 12.1 Å². The molecule has 0 saturated carbocycles. The molecule has 0 aliphatic carbocycles. The van der Waals surface area contributed by atoms with Crippen LogP contribution in [0.5, 0.6) is 0 Å². The Kier molecular flexibility index (Phi) is 4.17. The second-order valence-corrected chi connectivity index (χ2v) is 5.64. The summed E-state index contributed by atoms with van der Waals surface area (Å²) in [5.74, 6) is -0.169. The molecule has 2 heterocycles. The molecule has 1 aromatic heterocycles. The molecular formula is C17H16F3N3O. The van der Waals surface area contributed by atoms with E-state index in [0.29, 0.717) is 6.54 Å². The van der Waals surface area contributed by atoms with Gasteiger partial charge in [0.2, 0.25) is 5.91 Å². The summed E-state index contributed by atoms with van der Waals surface area (Å²) >= 11 is 0. The minimum absolute atomic E-state index is 0.0261. The quantitative estimate of drug-likeness (QED) is 0.934. The maximum Gasteiger partial charge on any atom is 0.433 e. The molecule has 4 nitrogen and oxygen atoms in total. The third-order valence-corrected chi connectivity index (χ3v) is 3.93. The molecule has 0 saturated heterocycles. The van der Waals surface area contributed by atoms with Crippen molar-refractivity contribution in [3.05, 3.63) is 53.7 Å². The van der Waals surface area contributed by atoms with Crippen molar-refractivity contribution in [3.8, 4) is 0 Å². The Labute approximate surface area is 137 Å². The number of anilines is 2. The van der Waals surface area contributed by atoms with E-state index < -0.39 is 17.9 Å². The van der Waals surface area contributed by atoms with Gasteiger partial charge < -0.3 is 10.2 Å². The van der Waals surface area contributed by atoms with Crippen molar-refractivity contribution in [2.75, 3.05) is 16.8 Å². The zero-order chi connectivity index (χ0) is 17.3. The highest BCUT2D eigenvalue weighted by Gasteiger charge is 2.33. The second kappa shape index (κ2) is 6.14. The van der Waals surface area contributed by atoms with Crippen LogP contribution in [0.2, 0.25) is 0 Å². The first-order chi connectivity index (χ1) is 11.4. The molecule has 1 atom stereocenters. The van der Waals surface area contributed by atoms with Gasteiger partial charge >= 0.3 is 6.18 Å². The van der Waals surface area contributed by atoms with E-state index in [1.807, 2.05) is 24.3 Å². The third kappa shape index (κ3) is 3.20. The number of para-hydroxylation sites is 1. The van der Waals surface area contributed by atoms with Crippen LogP contribution < -0.4 is 10.2 Å². The second-order valence-electron chi connectivity index (χ2n) is 5.64. The zero-order valence-corrected chi connectivity index (χ0v) is 13.0. The number of carbonyl (C=O) groups is 1. The molecule has 1 aromatic carbocycles. The summed E-state index contributed by atoms with van der Waals surface area (Å²) in [5, 5.41) is 2.76. The van der Waals surface area contributed by atoms with Gasteiger partial charge in [0.15, 0.2) is 0 Å². The van der Waals surface area contributed by atoms with Gasteiger partial charge in [0.25, 0.3) is 0 Å². The summed E-state index contributed by atoms with van der Waals surface area (Å²) in [4.78, 5) is 17.8. The van der Waals surface area contributed by atoms with Crippen LogP contribution in [0.3, 0.4) is 0 Å². The van der Waals surface area contributed by atoms with Crippen LogP contribution in [0.1, 0.15) is 18.2 Å². The number of pyridine rings is 1. The number of rotatable bonds is 3. The van der Waals surface area contributed by atoms with Gasteiger partial charge in [-0.05, 0) is 37.1 Å². The number of fused-ring (bicyclic) bond motifs is 1. The Morgan fingerprint density at radius 1 is 1.21 bits per heavy atom. The fraction of sp³-hybridized carbons (Fsp3) is 0.294. The molecule has 0 fully saturated rings. The monoisotopic (exact) mass is 335 g/mol. The maximum absolute atomic E-state index is 12.7. The molecule has 24 heavy (non-hydrogen) atoms. The average molecular weight is 335 g/mol. The molecule has 1 N–H and O–H groups in total. The van der Waals surface area contributed by atoms with E-state index in [4.69, 9.17) is 0 Å². The number of aromatic nitrogens is 1. The molecule has 3 rings (SSSR count). The van der Waals surface area contributed by atoms with Crippen molar-refractivity contribution in [1.82, 2.24) is 4.98 Å². The van der Waals surface area contributed by atoms with Crippen molar-refractivity contribution in [1.29, 1.82) is 0 Å². The largest absolute Gasteiger partial charge is 0.433 e. The number of hydrogen-bond donors (Lipinski definition) is 1. The fourth-order valence-electron chi connectivity index (χ4n) is 2.76. The highest BCUT2D eigenvalue weighted by Crippen LogP contribution is 2.29. The van der Waals surface area contributed by atoms with Crippen LogP contribution in [0.25, 0.3) is 0 Å². The number of benzene rings is 1. The van der Waals surface area contributed by atoms with Crippen molar-refractivity contribution in [3.63, 3.8) is 0 Å². The molecule has 1 aliphatic rings. The molecule has 0 spiro atoms. The Morgan fingerprint density at radius 2 is 1.96 bits per heavy atom. The minimum atomic E-state index is -4.52. The van der Waals surface area contributed by atoms with E-state index in [9.17, 15) is 18.0 Å². The topological polar surface area (TPSA) is 45.2 Å². The predicted molar refractivity (Wildman–Crippen MR) is 84.8 cm³/mol. The summed E-state index contributed by atoms with van der Waals surface area (Å²) in [6, 6.07) is 10.5. The number of halogens is 3. The summed E-state index contributed by atoms with van der Waals surface area (Å²) in [7, 11) is 0. The van der Waals surface area contributed by atoms with Crippen LogP contribution >= 0.6 is 0 Å². The van der Waals surface area contributed by atoms with Crippen molar-refractivity contribution in [2.24, 2.45) is 0 Å². The lowest BCUT2D eigenvalue weighted by Gasteiger charge is -2.23. The van der Waals surface area contributed by atoms with Crippen LogP contribution in [0, 0.1) is 0 Å². The predicted octanol–water partition coefficient (Wildman–Crippen LogP) is 3.49. The van der Waals surface area contributed by atoms with Crippen molar-refractivity contribution >= 4 is 17.4 Å². The number of alkyl halides is 3. The van der Waals surface area contributed by atoms with E-state index >= 15 is 0 Å². The fourth-order valence-corrected chi connectivity index (χ4v) is 2.76. The number of amides is 1.